The van der Waals surface area contributed by atoms with Crippen molar-refractivity contribution in [2.24, 2.45) is 5.92 Å². The van der Waals surface area contributed by atoms with Gasteiger partial charge in [0.1, 0.15) is 0 Å². The highest BCUT2D eigenvalue weighted by atomic mass is 16.4. The average molecular weight is 254 g/mol. The van der Waals surface area contributed by atoms with E-state index in [1.807, 2.05) is 0 Å². The van der Waals surface area contributed by atoms with Gasteiger partial charge in [-0.25, -0.2) is 4.79 Å². The Bertz CT molecular complexity index is 333. The number of carboxylic acids is 1. The van der Waals surface area contributed by atoms with Gasteiger partial charge in [0.2, 0.25) is 0 Å². The monoisotopic (exact) mass is 254 g/mol. The van der Waals surface area contributed by atoms with E-state index in [2.05, 4.69) is 17.6 Å². The largest absolute Gasteiger partial charge is 0.481 e. The second-order valence-corrected chi connectivity index (χ2v) is 5.91. The molecule has 0 aromatic carbocycles. The predicted molar refractivity (Wildman–Crippen MR) is 67.3 cm³/mol. The van der Waals surface area contributed by atoms with E-state index in [1.165, 1.54) is 0 Å². The molecule has 2 amide bonds. The van der Waals surface area contributed by atoms with Crippen LogP contribution in [0.2, 0.25) is 0 Å². The molecule has 1 atom stereocenters. The van der Waals surface area contributed by atoms with Crippen LogP contribution < -0.4 is 10.6 Å². The minimum atomic E-state index is -0.848. The average Bonchev–Trinajstić information content (AvgIpc) is 3.01. The number of carbonyl (C=O) groups is 2. The van der Waals surface area contributed by atoms with Crippen LogP contribution in [0.25, 0.3) is 0 Å². The first-order valence-electron chi connectivity index (χ1n) is 6.79. The van der Waals surface area contributed by atoms with Crippen LogP contribution in [0.15, 0.2) is 0 Å². The van der Waals surface area contributed by atoms with Gasteiger partial charge < -0.3 is 15.7 Å². The molecule has 0 aromatic rings. The minimum absolute atomic E-state index is 0.0226. The molecule has 2 rings (SSSR count). The first-order valence-corrected chi connectivity index (χ1v) is 6.79. The van der Waals surface area contributed by atoms with Crippen molar-refractivity contribution in [1.29, 1.82) is 0 Å². The van der Waals surface area contributed by atoms with E-state index in [9.17, 15) is 9.59 Å². The van der Waals surface area contributed by atoms with Crippen molar-refractivity contribution in [1.82, 2.24) is 10.6 Å². The summed E-state index contributed by atoms with van der Waals surface area (Å²) in [6, 6.07) is -0.426. The molecule has 2 aliphatic rings. The Morgan fingerprint density at radius 1 is 1.33 bits per heavy atom. The maximum Gasteiger partial charge on any atom is 0.315 e. The third-order valence-corrected chi connectivity index (χ3v) is 4.02. The summed E-state index contributed by atoms with van der Waals surface area (Å²) >= 11 is 0. The summed E-state index contributed by atoms with van der Waals surface area (Å²) in [6.45, 7) is 2.06. The smallest absolute Gasteiger partial charge is 0.315 e. The summed E-state index contributed by atoms with van der Waals surface area (Å²) in [5, 5.41) is 14.7. The summed E-state index contributed by atoms with van der Waals surface area (Å²) in [4.78, 5) is 22.7. The summed E-state index contributed by atoms with van der Waals surface area (Å²) in [5.41, 5.74) is -0.110. The van der Waals surface area contributed by atoms with Crippen molar-refractivity contribution in [2.45, 2.75) is 63.5 Å². The van der Waals surface area contributed by atoms with E-state index < -0.39 is 5.97 Å². The molecule has 102 valence electrons. The van der Waals surface area contributed by atoms with Crippen LogP contribution >= 0.6 is 0 Å². The van der Waals surface area contributed by atoms with Crippen LogP contribution in [0.4, 0.5) is 4.79 Å². The quantitative estimate of drug-likeness (QED) is 0.701. The third kappa shape index (κ3) is 3.62. The summed E-state index contributed by atoms with van der Waals surface area (Å²) in [6.07, 6.45) is 6.39. The van der Waals surface area contributed by atoms with Crippen molar-refractivity contribution < 1.29 is 14.7 Å². The first-order chi connectivity index (χ1) is 8.48. The lowest BCUT2D eigenvalue weighted by Gasteiger charge is -2.27. The highest BCUT2D eigenvalue weighted by Crippen LogP contribution is 2.34. The van der Waals surface area contributed by atoms with Crippen molar-refractivity contribution >= 4 is 12.0 Å². The van der Waals surface area contributed by atoms with Gasteiger partial charge in [-0.2, -0.15) is 0 Å². The van der Waals surface area contributed by atoms with E-state index >= 15 is 0 Å². The van der Waals surface area contributed by atoms with Crippen molar-refractivity contribution in [3.63, 3.8) is 0 Å². The number of nitrogens with one attached hydrogen (secondary N) is 2. The normalized spacial score (nSPS) is 23.4. The van der Waals surface area contributed by atoms with Crippen LogP contribution in [-0.2, 0) is 4.79 Å². The minimum Gasteiger partial charge on any atom is -0.481 e. The lowest BCUT2D eigenvalue weighted by molar-refractivity contribution is -0.137. The molecular formula is C13H22N2O3. The van der Waals surface area contributed by atoms with Gasteiger partial charge in [-0.15, -0.1) is 0 Å². The van der Waals surface area contributed by atoms with Gasteiger partial charge in [-0.3, -0.25) is 4.79 Å². The molecule has 5 nitrogen and oxygen atoms in total. The van der Waals surface area contributed by atoms with Gasteiger partial charge in [-0.05, 0) is 38.5 Å². The lowest BCUT2D eigenvalue weighted by atomic mass is 10.0. The van der Waals surface area contributed by atoms with Gasteiger partial charge >= 0.3 is 12.0 Å². The van der Waals surface area contributed by atoms with Gasteiger partial charge in [0, 0.05) is 11.6 Å². The predicted octanol–water partition coefficient (Wildman–Crippen LogP) is 1.87. The van der Waals surface area contributed by atoms with Crippen molar-refractivity contribution in [3.05, 3.63) is 0 Å². The van der Waals surface area contributed by atoms with Gasteiger partial charge in [-0.1, -0.05) is 12.8 Å². The number of amides is 2. The molecule has 18 heavy (non-hydrogen) atoms. The van der Waals surface area contributed by atoms with Gasteiger partial charge in [0.25, 0.3) is 0 Å². The molecule has 0 aliphatic heterocycles. The second kappa shape index (κ2) is 5.16. The molecule has 2 fully saturated rings. The zero-order chi connectivity index (χ0) is 13.2. The molecule has 2 aliphatic carbocycles. The van der Waals surface area contributed by atoms with Crippen LogP contribution in [-0.4, -0.2) is 28.7 Å². The van der Waals surface area contributed by atoms with Crippen LogP contribution in [0.5, 0.6) is 0 Å². The van der Waals surface area contributed by atoms with Gasteiger partial charge in [0.05, 0.1) is 6.42 Å². The molecular weight excluding hydrogens is 232 g/mol. The van der Waals surface area contributed by atoms with E-state index in [0.717, 1.165) is 38.5 Å². The standard InChI is InChI=1S/C13H22N2O3/c1-13(6-2-3-7-13)15-12(18)14-10(8-11(16)17)9-4-5-9/h9-10H,2-8H2,1H3,(H,16,17)(H2,14,15,18). The Hall–Kier alpha value is -1.26. The summed E-state index contributed by atoms with van der Waals surface area (Å²) in [7, 11) is 0. The number of rotatable bonds is 5. The second-order valence-electron chi connectivity index (χ2n) is 5.91. The van der Waals surface area contributed by atoms with Crippen molar-refractivity contribution in [3.8, 4) is 0 Å². The molecule has 0 bridgehead atoms. The van der Waals surface area contributed by atoms with E-state index in [0.29, 0.717) is 5.92 Å². The fourth-order valence-electron chi connectivity index (χ4n) is 2.78. The lowest BCUT2D eigenvalue weighted by Crippen LogP contribution is -2.52. The first kappa shape index (κ1) is 13.2. The molecule has 0 saturated heterocycles. The SMILES string of the molecule is CC1(NC(=O)NC(CC(=O)O)C2CC2)CCCC1. The molecule has 0 radical (unpaired) electrons. The maximum absolute atomic E-state index is 11.9. The summed E-state index contributed by atoms with van der Waals surface area (Å²) < 4.78 is 0. The Morgan fingerprint density at radius 3 is 2.44 bits per heavy atom. The Labute approximate surface area is 107 Å². The van der Waals surface area contributed by atoms with E-state index in [-0.39, 0.29) is 24.0 Å². The van der Waals surface area contributed by atoms with Crippen molar-refractivity contribution in [2.75, 3.05) is 0 Å². The number of carboxylic acid groups (broad SMARTS) is 1. The maximum atomic E-state index is 11.9. The fraction of sp³-hybridized carbons (Fsp3) is 0.846. The Kier molecular flexibility index (Phi) is 3.78. The number of urea groups is 1. The highest BCUT2D eigenvalue weighted by Gasteiger charge is 2.35. The number of carbonyl (C=O) groups excluding carboxylic acids is 1. The highest BCUT2D eigenvalue weighted by molar-refractivity contribution is 5.76. The van der Waals surface area contributed by atoms with Gasteiger partial charge in [0.15, 0.2) is 0 Å². The number of hydrogen-bond acceptors (Lipinski definition) is 2. The van der Waals surface area contributed by atoms with Crippen LogP contribution in [0, 0.1) is 5.92 Å². The molecule has 0 spiro atoms. The zero-order valence-electron chi connectivity index (χ0n) is 10.9. The van der Waals surface area contributed by atoms with E-state index in [4.69, 9.17) is 5.11 Å². The third-order valence-electron chi connectivity index (χ3n) is 4.02. The molecule has 5 heteroatoms. The number of aliphatic carboxylic acids is 1. The Balaban J connectivity index is 1.82. The zero-order valence-corrected chi connectivity index (χ0v) is 10.9. The van der Waals surface area contributed by atoms with Crippen LogP contribution in [0.1, 0.15) is 51.9 Å². The Morgan fingerprint density at radius 2 is 1.94 bits per heavy atom. The molecule has 1 unspecified atom stereocenters. The molecule has 0 aromatic heterocycles. The number of hydrogen-bond donors (Lipinski definition) is 3. The van der Waals surface area contributed by atoms with Crippen LogP contribution in [0.3, 0.4) is 0 Å². The molecule has 2 saturated carbocycles. The summed E-state index contributed by atoms with van der Waals surface area (Å²) in [5.74, 6) is -0.498. The molecule has 0 heterocycles. The topological polar surface area (TPSA) is 78.4 Å². The van der Waals surface area contributed by atoms with E-state index in [1.54, 1.807) is 0 Å². The molecule has 3 N–H and O–H groups in total. The fourth-order valence-corrected chi connectivity index (χ4v) is 2.78.